The lowest BCUT2D eigenvalue weighted by atomic mass is 10.2. The van der Waals surface area contributed by atoms with Crippen LogP contribution in [0.2, 0.25) is 0 Å². The van der Waals surface area contributed by atoms with E-state index in [-0.39, 0.29) is 0 Å². The third kappa shape index (κ3) is 5.96. The van der Waals surface area contributed by atoms with E-state index in [1.165, 1.54) is 6.08 Å². The summed E-state index contributed by atoms with van der Waals surface area (Å²) in [5.41, 5.74) is 2.95. The molecule has 0 aliphatic carbocycles. The lowest BCUT2D eigenvalue weighted by Gasteiger charge is -2.11. The quantitative estimate of drug-likeness (QED) is 0.252. The Hall–Kier alpha value is -3.05. The fourth-order valence-corrected chi connectivity index (χ4v) is 3.21. The van der Waals surface area contributed by atoms with Crippen molar-refractivity contribution in [3.63, 3.8) is 0 Å². The molecule has 0 aromatic heterocycles. The van der Waals surface area contributed by atoms with Gasteiger partial charge in [0, 0.05) is 6.08 Å². The topological polar surface area (TPSA) is 44.8 Å². The fraction of sp³-hybridized carbons (Fsp3) is 0.125. The fourth-order valence-electron chi connectivity index (χ4n) is 2.64. The second-order valence-corrected chi connectivity index (χ2v) is 7.23. The summed E-state index contributed by atoms with van der Waals surface area (Å²) in [5.74, 6) is 1.25. The lowest BCUT2D eigenvalue weighted by Crippen LogP contribution is -2.04. The van der Waals surface area contributed by atoms with E-state index in [1.807, 2.05) is 67.6 Å². The molecule has 0 heterocycles. The number of rotatable bonds is 7. The van der Waals surface area contributed by atoms with Crippen molar-refractivity contribution in [1.82, 2.24) is 0 Å². The number of ether oxygens (including phenoxy) is 3. The van der Waals surface area contributed by atoms with E-state index in [9.17, 15) is 4.79 Å². The summed E-state index contributed by atoms with van der Waals surface area (Å²) in [6.07, 6.45) is 3.06. The number of hydrogen-bond donors (Lipinski definition) is 0. The summed E-state index contributed by atoms with van der Waals surface area (Å²) < 4.78 is 17.4. The number of esters is 1. The molecule has 148 valence electrons. The largest absolute Gasteiger partial charge is 0.493 e. The Kier molecular flexibility index (Phi) is 7.09. The van der Waals surface area contributed by atoms with Gasteiger partial charge in [0.25, 0.3) is 0 Å². The van der Waals surface area contributed by atoms with Crippen LogP contribution in [0.5, 0.6) is 17.2 Å². The lowest BCUT2D eigenvalue weighted by molar-refractivity contribution is -0.128. The van der Waals surface area contributed by atoms with E-state index in [1.54, 1.807) is 19.3 Å². The van der Waals surface area contributed by atoms with Crippen molar-refractivity contribution < 1.29 is 19.0 Å². The number of hydrogen-bond acceptors (Lipinski definition) is 4. The summed E-state index contributed by atoms with van der Waals surface area (Å²) >= 11 is 3.40. The van der Waals surface area contributed by atoms with Crippen LogP contribution >= 0.6 is 15.9 Å². The zero-order chi connectivity index (χ0) is 20.6. The predicted molar refractivity (Wildman–Crippen MR) is 117 cm³/mol. The molecule has 0 saturated heterocycles. The molecule has 5 heteroatoms. The molecule has 0 atom stereocenters. The highest BCUT2D eigenvalue weighted by atomic mass is 79.9. The number of carbonyl (C=O) groups excluding carboxylic acids is 1. The molecular formula is C24H21BrO4. The molecule has 3 aromatic rings. The molecule has 0 amide bonds. The number of methoxy groups -OCH3 is 1. The Balaban J connectivity index is 1.65. The van der Waals surface area contributed by atoms with E-state index in [2.05, 4.69) is 15.9 Å². The molecular weight excluding hydrogens is 432 g/mol. The maximum absolute atomic E-state index is 12.1. The first-order valence-electron chi connectivity index (χ1n) is 9.06. The monoisotopic (exact) mass is 452 g/mol. The summed E-state index contributed by atoms with van der Waals surface area (Å²) in [7, 11) is 1.58. The maximum Gasteiger partial charge on any atom is 0.336 e. The van der Waals surface area contributed by atoms with Crippen molar-refractivity contribution in [1.29, 1.82) is 0 Å². The molecule has 4 nitrogen and oxygen atoms in total. The first kappa shape index (κ1) is 20.7. The van der Waals surface area contributed by atoms with Crippen LogP contribution in [0.1, 0.15) is 16.7 Å². The molecule has 0 aliphatic heterocycles. The minimum absolute atomic E-state index is 0.449. The van der Waals surface area contributed by atoms with E-state index in [0.29, 0.717) is 23.9 Å². The van der Waals surface area contributed by atoms with Gasteiger partial charge < -0.3 is 14.2 Å². The Morgan fingerprint density at radius 1 is 0.966 bits per heavy atom. The van der Waals surface area contributed by atoms with Crippen LogP contribution in [-0.2, 0) is 11.4 Å². The summed E-state index contributed by atoms with van der Waals surface area (Å²) in [6.45, 7) is 2.42. The van der Waals surface area contributed by atoms with Gasteiger partial charge in [0.1, 0.15) is 12.4 Å². The van der Waals surface area contributed by atoms with Crippen LogP contribution in [-0.4, -0.2) is 13.1 Å². The highest BCUT2D eigenvalue weighted by Crippen LogP contribution is 2.29. The summed E-state index contributed by atoms with van der Waals surface area (Å²) in [4.78, 5) is 12.1. The van der Waals surface area contributed by atoms with Crippen LogP contribution in [0.4, 0.5) is 0 Å². The molecule has 0 bridgehead atoms. The molecule has 0 spiro atoms. The van der Waals surface area contributed by atoms with E-state index < -0.39 is 5.97 Å². The molecule has 3 aromatic carbocycles. The summed E-state index contributed by atoms with van der Waals surface area (Å²) in [6, 6.07) is 20.9. The third-order valence-electron chi connectivity index (χ3n) is 4.13. The van der Waals surface area contributed by atoms with E-state index in [0.717, 1.165) is 21.2 Å². The van der Waals surface area contributed by atoms with Gasteiger partial charge in [-0.25, -0.2) is 4.79 Å². The number of halogens is 1. The van der Waals surface area contributed by atoms with Gasteiger partial charge in [-0.2, -0.15) is 0 Å². The van der Waals surface area contributed by atoms with E-state index in [4.69, 9.17) is 14.2 Å². The molecule has 0 N–H and O–H groups in total. The van der Waals surface area contributed by atoms with Gasteiger partial charge in [-0.1, -0.05) is 42.5 Å². The molecule has 3 rings (SSSR count). The van der Waals surface area contributed by atoms with Crippen LogP contribution < -0.4 is 14.2 Å². The van der Waals surface area contributed by atoms with Crippen LogP contribution in [0.25, 0.3) is 6.08 Å². The Morgan fingerprint density at radius 3 is 2.45 bits per heavy atom. The summed E-state index contributed by atoms with van der Waals surface area (Å²) in [5, 5.41) is 0. The van der Waals surface area contributed by atoms with E-state index >= 15 is 0 Å². The average Bonchev–Trinajstić information content (AvgIpc) is 2.73. The normalized spacial score (nSPS) is 10.7. The zero-order valence-corrected chi connectivity index (χ0v) is 17.8. The SMILES string of the molecule is COc1cc(/C=C/C(=O)Oc2ccc(C)cc2Br)ccc1OCc1ccccc1. The van der Waals surface area contributed by atoms with Crippen molar-refractivity contribution in [2.45, 2.75) is 13.5 Å². The van der Waals surface area contributed by atoms with Crippen molar-refractivity contribution >= 4 is 28.0 Å². The minimum Gasteiger partial charge on any atom is -0.493 e. The van der Waals surface area contributed by atoms with Gasteiger partial charge in [-0.3, -0.25) is 0 Å². The highest BCUT2D eigenvalue weighted by Gasteiger charge is 2.07. The van der Waals surface area contributed by atoms with Crippen molar-refractivity contribution in [3.8, 4) is 17.2 Å². The molecule has 0 saturated carbocycles. The second kappa shape index (κ2) is 9.94. The first-order chi connectivity index (χ1) is 14.0. The highest BCUT2D eigenvalue weighted by molar-refractivity contribution is 9.10. The van der Waals surface area contributed by atoms with Gasteiger partial charge in [-0.15, -0.1) is 0 Å². The predicted octanol–water partition coefficient (Wildman–Crippen LogP) is 5.96. The molecule has 0 radical (unpaired) electrons. The average molecular weight is 453 g/mol. The Morgan fingerprint density at radius 2 is 1.72 bits per heavy atom. The van der Waals surface area contributed by atoms with Gasteiger partial charge in [0.15, 0.2) is 11.5 Å². The van der Waals surface area contributed by atoms with Crippen LogP contribution in [0.3, 0.4) is 0 Å². The van der Waals surface area contributed by atoms with Gasteiger partial charge in [0.2, 0.25) is 0 Å². The first-order valence-corrected chi connectivity index (χ1v) is 9.85. The maximum atomic E-state index is 12.1. The minimum atomic E-state index is -0.460. The molecule has 0 fully saturated rings. The molecule has 0 unspecified atom stereocenters. The third-order valence-corrected chi connectivity index (χ3v) is 4.75. The van der Waals surface area contributed by atoms with Crippen molar-refractivity contribution in [2.75, 3.05) is 7.11 Å². The van der Waals surface area contributed by atoms with Crippen LogP contribution in [0, 0.1) is 6.92 Å². The second-order valence-electron chi connectivity index (χ2n) is 6.37. The van der Waals surface area contributed by atoms with Crippen LogP contribution in [0.15, 0.2) is 77.3 Å². The van der Waals surface area contributed by atoms with Gasteiger partial charge in [0.05, 0.1) is 11.6 Å². The number of carbonyl (C=O) groups is 1. The molecule has 0 aliphatic rings. The van der Waals surface area contributed by atoms with Crippen molar-refractivity contribution in [2.24, 2.45) is 0 Å². The van der Waals surface area contributed by atoms with Gasteiger partial charge >= 0.3 is 5.97 Å². The van der Waals surface area contributed by atoms with Gasteiger partial charge in [-0.05, 0) is 69.9 Å². The standard InChI is InChI=1S/C24H21BrO4/c1-17-8-11-21(20(25)14-17)29-24(26)13-10-18-9-12-22(23(15-18)27-2)28-16-19-6-4-3-5-7-19/h3-15H,16H2,1-2H3/b13-10+. The number of benzene rings is 3. The number of aryl methyl sites for hydroxylation is 1. The Labute approximate surface area is 178 Å². The van der Waals surface area contributed by atoms with Crippen molar-refractivity contribution in [3.05, 3.63) is 94.0 Å². The molecule has 29 heavy (non-hydrogen) atoms. The Bertz CT molecular complexity index is 1010. The smallest absolute Gasteiger partial charge is 0.336 e. The zero-order valence-electron chi connectivity index (χ0n) is 16.2.